The fourth-order valence-corrected chi connectivity index (χ4v) is 3.05. The van der Waals surface area contributed by atoms with E-state index in [2.05, 4.69) is 6.92 Å². The molecule has 1 rings (SSSR count). The van der Waals surface area contributed by atoms with Gasteiger partial charge in [-0.2, -0.15) is 4.31 Å². The van der Waals surface area contributed by atoms with Crippen molar-refractivity contribution < 1.29 is 18.4 Å². The number of unbranched alkanes of at least 4 members (excludes halogenated alkanes) is 1. The van der Waals surface area contributed by atoms with Gasteiger partial charge in [-0.05, 0) is 24.0 Å². The lowest BCUT2D eigenvalue weighted by atomic mass is 10.1. The molecule has 0 bridgehead atoms. The van der Waals surface area contributed by atoms with Crippen LogP contribution in [0.4, 0.5) is 0 Å². The smallest absolute Gasteiger partial charge is 0.258 e. The molecule has 1 amide bonds. The second-order valence-electron chi connectivity index (χ2n) is 4.97. The summed E-state index contributed by atoms with van der Waals surface area (Å²) in [7, 11) is -2.28. The highest BCUT2D eigenvalue weighted by molar-refractivity contribution is 7.88. The lowest BCUT2D eigenvalue weighted by Crippen LogP contribution is -2.37. The van der Waals surface area contributed by atoms with Crippen molar-refractivity contribution in [2.45, 2.75) is 31.9 Å². The van der Waals surface area contributed by atoms with Crippen LogP contribution in [0.1, 0.15) is 30.9 Å². The summed E-state index contributed by atoms with van der Waals surface area (Å²) >= 11 is 0. The maximum atomic E-state index is 12.1. The molecule has 0 aliphatic carbocycles. The number of aryl methyl sites for hydroxylation is 1. The predicted octanol–water partition coefficient (Wildman–Crippen LogP) is 1.30. The summed E-state index contributed by atoms with van der Waals surface area (Å²) in [5.41, 5.74) is 3.22. The molecular formula is C14H22N2O4S. The van der Waals surface area contributed by atoms with E-state index in [-0.39, 0.29) is 5.75 Å². The topological polar surface area (TPSA) is 86.7 Å². The molecule has 0 saturated carbocycles. The molecule has 0 aliphatic heterocycles. The van der Waals surface area contributed by atoms with Gasteiger partial charge in [0.05, 0.1) is 12.3 Å². The van der Waals surface area contributed by atoms with E-state index in [1.807, 2.05) is 18.2 Å². The molecule has 1 aromatic rings. The zero-order valence-corrected chi connectivity index (χ0v) is 13.2. The van der Waals surface area contributed by atoms with E-state index in [0.29, 0.717) is 5.56 Å². The molecule has 0 aromatic heterocycles. The van der Waals surface area contributed by atoms with Gasteiger partial charge in [-0.15, -0.1) is 0 Å². The van der Waals surface area contributed by atoms with Gasteiger partial charge in [-0.3, -0.25) is 10.0 Å². The van der Waals surface area contributed by atoms with Crippen LogP contribution in [0.2, 0.25) is 0 Å². The summed E-state index contributed by atoms with van der Waals surface area (Å²) in [5.74, 6) is -0.930. The van der Waals surface area contributed by atoms with E-state index in [9.17, 15) is 13.2 Å². The highest BCUT2D eigenvalue weighted by atomic mass is 32.2. The van der Waals surface area contributed by atoms with Crippen LogP contribution in [-0.2, 0) is 27.0 Å². The molecule has 0 radical (unpaired) electrons. The molecule has 0 saturated heterocycles. The molecular weight excluding hydrogens is 292 g/mol. The fourth-order valence-electron chi connectivity index (χ4n) is 1.91. The van der Waals surface area contributed by atoms with Crippen molar-refractivity contribution in [3.63, 3.8) is 0 Å². The summed E-state index contributed by atoms with van der Waals surface area (Å²) in [4.78, 5) is 11.0. The van der Waals surface area contributed by atoms with Crippen molar-refractivity contribution in [2.24, 2.45) is 0 Å². The van der Waals surface area contributed by atoms with Gasteiger partial charge in [-0.25, -0.2) is 13.9 Å². The molecule has 0 aliphatic rings. The maximum Gasteiger partial charge on any atom is 0.258 e. The van der Waals surface area contributed by atoms with Gasteiger partial charge < -0.3 is 0 Å². The van der Waals surface area contributed by atoms with Crippen LogP contribution in [0.5, 0.6) is 0 Å². The van der Waals surface area contributed by atoms with E-state index >= 15 is 0 Å². The first-order valence-electron chi connectivity index (χ1n) is 6.83. The molecule has 0 fully saturated rings. The lowest BCUT2D eigenvalue weighted by Gasteiger charge is -2.16. The van der Waals surface area contributed by atoms with Crippen molar-refractivity contribution in [1.29, 1.82) is 0 Å². The number of sulfonamides is 1. The first kappa shape index (κ1) is 17.6. The normalized spacial score (nSPS) is 11.6. The second-order valence-corrected chi connectivity index (χ2v) is 7.05. The molecule has 0 heterocycles. The number of nitrogens with one attached hydrogen (secondary N) is 1. The van der Waals surface area contributed by atoms with Crippen LogP contribution < -0.4 is 5.48 Å². The molecule has 21 heavy (non-hydrogen) atoms. The summed E-state index contributed by atoms with van der Waals surface area (Å²) < 4.78 is 25.2. The summed E-state index contributed by atoms with van der Waals surface area (Å²) in [5, 5.41) is 8.44. The third-order valence-electron chi connectivity index (χ3n) is 3.13. The molecule has 7 heteroatoms. The van der Waals surface area contributed by atoms with Gasteiger partial charge in [0.15, 0.2) is 0 Å². The van der Waals surface area contributed by atoms with Gasteiger partial charge in [0.25, 0.3) is 5.91 Å². The number of amides is 1. The minimum Gasteiger partial charge on any atom is -0.289 e. The average molecular weight is 314 g/mol. The van der Waals surface area contributed by atoms with Crippen molar-refractivity contribution in [3.05, 3.63) is 35.4 Å². The van der Waals surface area contributed by atoms with Crippen LogP contribution in [0, 0.1) is 0 Å². The molecule has 0 spiro atoms. The van der Waals surface area contributed by atoms with Crippen LogP contribution in [0.3, 0.4) is 0 Å². The van der Waals surface area contributed by atoms with Crippen LogP contribution in [0.15, 0.2) is 24.3 Å². The van der Waals surface area contributed by atoms with Gasteiger partial charge in [0.2, 0.25) is 10.0 Å². The fraction of sp³-hybridized carbons (Fsp3) is 0.500. The second kappa shape index (κ2) is 8.11. The quantitative estimate of drug-likeness (QED) is 0.559. The Balaban J connectivity index is 2.76. The molecule has 0 atom stereocenters. The number of rotatable bonds is 8. The number of benzene rings is 1. The largest absolute Gasteiger partial charge is 0.289 e. The highest BCUT2D eigenvalue weighted by Crippen LogP contribution is 2.13. The Morgan fingerprint density at radius 1 is 1.33 bits per heavy atom. The van der Waals surface area contributed by atoms with Crippen LogP contribution >= 0.6 is 0 Å². The van der Waals surface area contributed by atoms with E-state index in [1.54, 1.807) is 6.07 Å². The molecule has 2 N–H and O–H groups in total. The number of likely N-dealkylation sites (N-methyl/N-ethyl adjacent to an activating group) is 1. The third-order valence-corrected chi connectivity index (χ3v) is 4.90. The SMILES string of the molecule is CCCCc1cccc(CS(=O)(=O)N(C)CC(=O)NO)c1. The molecule has 6 nitrogen and oxygen atoms in total. The number of nitrogens with zero attached hydrogens (tertiary/aromatic N) is 1. The van der Waals surface area contributed by atoms with Gasteiger partial charge in [-0.1, -0.05) is 37.6 Å². The monoisotopic (exact) mass is 314 g/mol. The Morgan fingerprint density at radius 2 is 2.00 bits per heavy atom. The van der Waals surface area contributed by atoms with E-state index < -0.39 is 22.5 Å². The summed E-state index contributed by atoms with van der Waals surface area (Å²) in [6.07, 6.45) is 3.07. The number of carbonyl (C=O) groups is 1. The summed E-state index contributed by atoms with van der Waals surface area (Å²) in [6, 6.07) is 7.46. The molecule has 0 unspecified atom stereocenters. The average Bonchev–Trinajstić information content (AvgIpc) is 2.44. The Kier molecular flexibility index (Phi) is 6.80. The first-order valence-corrected chi connectivity index (χ1v) is 8.44. The highest BCUT2D eigenvalue weighted by Gasteiger charge is 2.21. The predicted molar refractivity (Wildman–Crippen MR) is 80.2 cm³/mol. The van der Waals surface area contributed by atoms with E-state index in [1.165, 1.54) is 12.5 Å². The van der Waals surface area contributed by atoms with Crippen LogP contribution in [0.25, 0.3) is 0 Å². The number of hydrogen-bond donors (Lipinski definition) is 2. The number of hydroxylamine groups is 1. The lowest BCUT2D eigenvalue weighted by molar-refractivity contribution is -0.129. The van der Waals surface area contributed by atoms with Crippen LogP contribution in [-0.4, -0.2) is 37.4 Å². The minimum atomic E-state index is -3.59. The summed E-state index contributed by atoms with van der Waals surface area (Å²) in [6.45, 7) is 1.70. The third kappa shape index (κ3) is 5.82. The number of carbonyl (C=O) groups excluding carboxylic acids is 1. The van der Waals surface area contributed by atoms with Gasteiger partial charge >= 0.3 is 0 Å². The van der Waals surface area contributed by atoms with Crippen molar-refractivity contribution >= 4 is 15.9 Å². The van der Waals surface area contributed by atoms with Crippen molar-refractivity contribution in [1.82, 2.24) is 9.79 Å². The Labute approximate surface area is 125 Å². The molecule has 118 valence electrons. The maximum absolute atomic E-state index is 12.1. The van der Waals surface area contributed by atoms with Gasteiger partial charge in [0.1, 0.15) is 0 Å². The van der Waals surface area contributed by atoms with Crippen molar-refractivity contribution in [2.75, 3.05) is 13.6 Å². The molecule has 1 aromatic carbocycles. The van der Waals surface area contributed by atoms with E-state index in [0.717, 1.165) is 29.1 Å². The van der Waals surface area contributed by atoms with E-state index in [4.69, 9.17) is 5.21 Å². The number of hydrogen-bond acceptors (Lipinski definition) is 4. The zero-order valence-electron chi connectivity index (χ0n) is 12.4. The Hall–Kier alpha value is -1.44. The zero-order chi connectivity index (χ0) is 15.9. The van der Waals surface area contributed by atoms with Gasteiger partial charge in [0, 0.05) is 7.05 Å². The first-order chi connectivity index (χ1) is 9.89. The Bertz CT molecular complexity index is 572. The Morgan fingerprint density at radius 3 is 2.62 bits per heavy atom. The van der Waals surface area contributed by atoms with Crippen molar-refractivity contribution in [3.8, 4) is 0 Å². The minimum absolute atomic E-state index is 0.165. The standard InChI is InChI=1S/C14H22N2O4S/c1-3-4-6-12-7-5-8-13(9-12)11-21(19,20)16(2)10-14(17)15-18/h5,7-9,18H,3-4,6,10-11H2,1-2H3,(H,15,17).